The maximum absolute atomic E-state index is 13.8. The fourth-order valence-electron chi connectivity index (χ4n) is 4.51. The summed E-state index contributed by atoms with van der Waals surface area (Å²) >= 11 is 0. The fraction of sp³-hybridized carbons (Fsp3) is 0.375. The first-order valence-electron chi connectivity index (χ1n) is 11.3. The molecule has 5 rings (SSSR count). The minimum absolute atomic E-state index is 0.162. The molecule has 3 aromatic rings. The van der Waals surface area contributed by atoms with Crippen LogP contribution in [0.5, 0.6) is 0 Å². The van der Waals surface area contributed by atoms with Gasteiger partial charge < -0.3 is 4.90 Å². The topological polar surface area (TPSA) is 86.7 Å². The lowest BCUT2D eigenvalue weighted by atomic mass is 10.1. The molecule has 1 amide bonds. The van der Waals surface area contributed by atoms with Crippen LogP contribution in [0.3, 0.4) is 0 Å². The van der Waals surface area contributed by atoms with E-state index in [2.05, 4.69) is 0 Å². The van der Waals surface area contributed by atoms with Crippen LogP contribution in [0.15, 0.2) is 47.4 Å². The highest BCUT2D eigenvalue weighted by Crippen LogP contribution is 2.32. The zero-order valence-corrected chi connectivity index (χ0v) is 19.7. The summed E-state index contributed by atoms with van der Waals surface area (Å²) in [6, 6.07) is 12.4. The van der Waals surface area contributed by atoms with Crippen LogP contribution in [0, 0.1) is 6.92 Å². The first-order chi connectivity index (χ1) is 15.9. The number of sulfonamides is 1. The third-order valence-electron chi connectivity index (χ3n) is 6.41. The van der Waals surface area contributed by atoms with Gasteiger partial charge in [-0.15, -0.1) is 0 Å². The molecule has 0 atom stereocenters. The summed E-state index contributed by atoms with van der Waals surface area (Å²) in [5, 5.41) is 0. The van der Waals surface area contributed by atoms with Crippen LogP contribution in [0.25, 0.3) is 11.0 Å². The highest BCUT2D eigenvalue weighted by molar-refractivity contribution is 7.89. The molecule has 172 valence electrons. The van der Waals surface area contributed by atoms with Gasteiger partial charge in [-0.25, -0.2) is 18.4 Å². The normalized spacial score (nSPS) is 17.3. The second-order valence-corrected chi connectivity index (χ2v) is 10.6. The van der Waals surface area contributed by atoms with Gasteiger partial charge >= 0.3 is 0 Å². The zero-order valence-electron chi connectivity index (χ0n) is 18.9. The third-order valence-corrected chi connectivity index (χ3v) is 8.31. The smallest absolute Gasteiger partial charge is 0.259 e. The average molecular weight is 466 g/mol. The lowest BCUT2D eigenvalue weighted by Crippen LogP contribution is -2.33. The Morgan fingerprint density at radius 3 is 2.24 bits per heavy atom. The van der Waals surface area contributed by atoms with Crippen molar-refractivity contribution in [2.45, 2.75) is 31.1 Å². The highest BCUT2D eigenvalue weighted by Gasteiger charge is 2.31. The van der Waals surface area contributed by atoms with Gasteiger partial charge in [0.1, 0.15) is 0 Å². The van der Waals surface area contributed by atoms with Crippen molar-refractivity contribution in [2.75, 3.05) is 43.0 Å². The van der Waals surface area contributed by atoms with Crippen LogP contribution >= 0.6 is 0 Å². The number of rotatable bonds is 3. The van der Waals surface area contributed by atoms with E-state index in [-0.39, 0.29) is 10.8 Å². The van der Waals surface area contributed by atoms with Crippen LogP contribution in [0.4, 0.5) is 11.6 Å². The van der Waals surface area contributed by atoms with E-state index in [1.54, 1.807) is 17.0 Å². The lowest BCUT2D eigenvalue weighted by Gasteiger charge is -2.24. The molecule has 0 saturated carbocycles. The van der Waals surface area contributed by atoms with E-state index < -0.39 is 10.0 Å². The Bertz CT molecular complexity index is 1340. The molecule has 0 N–H and O–H groups in total. The molecule has 0 radical (unpaired) electrons. The number of carbonyl (C=O) groups excluding carboxylic acids is 1. The fourth-order valence-corrected chi connectivity index (χ4v) is 6.05. The predicted molar refractivity (Wildman–Crippen MR) is 128 cm³/mol. The largest absolute Gasteiger partial charge is 0.357 e. The van der Waals surface area contributed by atoms with E-state index in [1.807, 2.05) is 43.1 Å². The number of fused-ring (bicyclic) bond motifs is 2. The van der Waals surface area contributed by atoms with Crippen molar-refractivity contribution in [1.29, 1.82) is 0 Å². The Balaban J connectivity index is 1.59. The molecule has 33 heavy (non-hydrogen) atoms. The lowest BCUT2D eigenvalue weighted by molar-refractivity contribution is 0.0985. The second-order valence-electron chi connectivity index (χ2n) is 8.68. The number of anilines is 2. The van der Waals surface area contributed by atoms with E-state index >= 15 is 0 Å². The van der Waals surface area contributed by atoms with E-state index in [0.29, 0.717) is 42.4 Å². The van der Waals surface area contributed by atoms with Gasteiger partial charge in [-0.1, -0.05) is 18.2 Å². The van der Waals surface area contributed by atoms with Crippen LogP contribution in [-0.4, -0.2) is 61.8 Å². The minimum atomic E-state index is -3.62. The molecule has 3 heterocycles. The number of para-hydroxylation sites is 2. The standard InChI is InChI=1S/C24H27N5O3S/c1-17-10-11-18(33(31,32)28-13-5-6-14-28)16-19(17)24(30)29-15-7-12-27(2)22-23(29)26-21-9-4-3-8-20(21)25-22/h3-4,8-11,16H,5-7,12-15H2,1-2H3. The minimum Gasteiger partial charge on any atom is -0.357 e. The molecule has 2 aliphatic heterocycles. The molecule has 1 aromatic heterocycles. The number of nitrogens with zero attached hydrogens (tertiary/aromatic N) is 5. The number of hydrogen-bond acceptors (Lipinski definition) is 6. The van der Waals surface area contributed by atoms with Crippen LogP contribution in [0.1, 0.15) is 35.2 Å². The van der Waals surface area contributed by atoms with Crippen molar-refractivity contribution < 1.29 is 13.2 Å². The molecule has 0 spiro atoms. The van der Waals surface area contributed by atoms with Crippen LogP contribution in [0.2, 0.25) is 0 Å². The molecule has 1 saturated heterocycles. The molecule has 2 aliphatic rings. The predicted octanol–water partition coefficient (Wildman–Crippen LogP) is 3.21. The van der Waals surface area contributed by atoms with Gasteiger partial charge in [-0.05, 0) is 56.0 Å². The van der Waals surface area contributed by atoms with E-state index in [0.717, 1.165) is 36.9 Å². The molecular formula is C24H27N5O3S. The SMILES string of the molecule is Cc1ccc(S(=O)(=O)N2CCCC2)cc1C(=O)N1CCCN(C)c2nc3ccccc3nc21. The number of aryl methyl sites for hydroxylation is 1. The van der Waals surface area contributed by atoms with Crippen LogP contribution in [-0.2, 0) is 10.0 Å². The van der Waals surface area contributed by atoms with E-state index in [4.69, 9.17) is 9.97 Å². The average Bonchev–Trinajstić information content (AvgIpc) is 3.32. The van der Waals surface area contributed by atoms with Gasteiger partial charge in [0.05, 0.1) is 15.9 Å². The van der Waals surface area contributed by atoms with Crippen molar-refractivity contribution in [3.63, 3.8) is 0 Å². The number of aromatic nitrogens is 2. The first-order valence-corrected chi connectivity index (χ1v) is 12.7. The molecule has 8 nitrogen and oxygen atoms in total. The highest BCUT2D eigenvalue weighted by atomic mass is 32.2. The van der Waals surface area contributed by atoms with Gasteiger partial charge in [0.25, 0.3) is 5.91 Å². The summed E-state index contributed by atoms with van der Waals surface area (Å²) in [6.45, 7) is 4.09. The number of hydrogen-bond donors (Lipinski definition) is 0. The van der Waals surface area contributed by atoms with Crippen molar-refractivity contribution in [2.24, 2.45) is 0 Å². The molecule has 0 aliphatic carbocycles. The van der Waals surface area contributed by atoms with Gasteiger partial charge in [-0.2, -0.15) is 4.31 Å². The van der Waals surface area contributed by atoms with Gasteiger partial charge in [0.2, 0.25) is 10.0 Å². The number of benzene rings is 2. The summed E-state index contributed by atoms with van der Waals surface area (Å²) in [5.74, 6) is 0.899. The Labute approximate surface area is 193 Å². The number of amides is 1. The molecule has 2 aromatic carbocycles. The van der Waals surface area contributed by atoms with Crippen molar-refractivity contribution in [3.8, 4) is 0 Å². The van der Waals surface area contributed by atoms with Gasteiger partial charge in [0, 0.05) is 38.8 Å². The summed E-state index contributed by atoms with van der Waals surface area (Å²) in [6.07, 6.45) is 2.48. The van der Waals surface area contributed by atoms with E-state index in [9.17, 15) is 13.2 Å². The maximum Gasteiger partial charge on any atom is 0.259 e. The van der Waals surface area contributed by atoms with E-state index in [1.165, 1.54) is 10.4 Å². The molecule has 9 heteroatoms. The molecule has 0 bridgehead atoms. The summed E-state index contributed by atoms with van der Waals surface area (Å²) in [4.78, 5) is 27.2. The zero-order chi connectivity index (χ0) is 23.2. The Morgan fingerprint density at radius 2 is 1.55 bits per heavy atom. The Kier molecular flexibility index (Phi) is 5.54. The molecule has 0 unspecified atom stereocenters. The third kappa shape index (κ3) is 3.85. The van der Waals surface area contributed by atoms with Crippen molar-refractivity contribution in [1.82, 2.24) is 14.3 Å². The molecule has 1 fully saturated rings. The Hall–Kier alpha value is -3.04. The van der Waals surface area contributed by atoms with Gasteiger partial charge in [0.15, 0.2) is 11.6 Å². The Morgan fingerprint density at radius 1 is 0.879 bits per heavy atom. The van der Waals surface area contributed by atoms with Crippen molar-refractivity contribution in [3.05, 3.63) is 53.6 Å². The second kappa shape index (κ2) is 8.39. The maximum atomic E-state index is 13.8. The summed E-state index contributed by atoms with van der Waals surface area (Å²) in [7, 11) is -1.67. The summed E-state index contributed by atoms with van der Waals surface area (Å²) < 4.78 is 27.7. The summed E-state index contributed by atoms with van der Waals surface area (Å²) in [5.41, 5.74) is 2.59. The molecular weight excluding hydrogens is 438 g/mol. The quantitative estimate of drug-likeness (QED) is 0.590. The first kappa shape index (κ1) is 21.8. The van der Waals surface area contributed by atoms with Crippen molar-refractivity contribution >= 4 is 38.6 Å². The van der Waals surface area contributed by atoms with Crippen LogP contribution < -0.4 is 9.80 Å². The number of carbonyl (C=O) groups is 1. The van der Waals surface area contributed by atoms with Gasteiger partial charge in [-0.3, -0.25) is 9.69 Å². The monoisotopic (exact) mass is 465 g/mol.